The molecule has 35 heavy (non-hydrogen) atoms. The van der Waals surface area contributed by atoms with E-state index in [1.807, 2.05) is 31.2 Å². The number of halogens is 1. The van der Waals surface area contributed by atoms with E-state index in [1.165, 1.54) is 12.1 Å². The fourth-order valence-electron chi connectivity index (χ4n) is 3.85. The molecule has 1 atom stereocenters. The van der Waals surface area contributed by atoms with E-state index in [2.05, 4.69) is 21.2 Å². The molecule has 178 valence electrons. The van der Waals surface area contributed by atoms with Gasteiger partial charge in [-0.3, -0.25) is 14.4 Å². The van der Waals surface area contributed by atoms with Crippen molar-refractivity contribution in [1.29, 1.82) is 0 Å². The molecule has 1 aliphatic rings. The first-order valence-corrected chi connectivity index (χ1v) is 11.8. The molecule has 7 nitrogen and oxygen atoms in total. The Hall–Kier alpha value is -3.78. The van der Waals surface area contributed by atoms with E-state index < -0.39 is 11.9 Å². The molecule has 1 saturated heterocycles. The van der Waals surface area contributed by atoms with E-state index >= 15 is 0 Å². The molecule has 0 spiro atoms. The third-order valence-corrected chi connectivity index (χ3v) is 6.32. The van der Waals surface area contributed by atoms with Gasteiger partial charge in [-0.15, -0.1) is 0 Å². The second-order valence-corrected chi connectivity index (χ2v) is 9.18. The van der Waals surface area contributed by atoms with Crippen LogP contribution in [0.2, 0.25) is 0 Å². The number of nitrogens with zero attached hydrogens (tertiary/aromatic N) is 1. The van der Waals surface area contributed by atoms with Gasteiger partial charge >= 0.3 is 5.97 Å². The topological polar surface area (TPSA) is 92.8 Å². The molecule has 1 N–H and O–H groups in total. The maximum absolute atomic E-state index is 12.8. The summed E-state index contributed by atoms with van der Waals surface area (Å²) in [5.74, 6) is -1.76. The van der Waals surface area contributed by atoms with Crippen LogP contribution < -0.4 is 10.2 Å². The number of aryl methyl sites for hydroxylation is 1. The van der Waals surface area contributed by atoms with Crippen molar-refractivity contribution in [2.75, 3.05) is 23.4 Å². The van der Waals surface area contributed by atoms with E-state index in [9.17, 15) is 19.2 Å². The number of carbonyl (C=O) groups is 4. The number of nitrogens with one attached hydrogen (secondary N) is 1. The van der Waals surface area contributed by atoms with Crippen LogP contribution in [-0.2, 0) is 14.3 Å². The van der Waals surface area contributed by atoms with E-state index in [0.717, 1.165) is 15.7 Å². The molecule has 3 aromatic carbocycles. The van der Waals surface area contributed by atoms with Crippen LogP contribution in [0.15, 0.2) is 77.3 Å². The highest BCUT2D eigenvalue weighted by Gasteiger charge is 2.35. The summed E-state index contributed by atoms with van der Waals surface area (Å²) in [6, 6.07) is 20.6. The highest BCUT2D eigenvalue weighted by atomic mass is 79.9. The molecule has 8 heteroatoms. The number of rotatable bonds is 7. The fraction of sp³-hybridized carbons (Fsp3) is 0.185. The molecular weight excluding hydrogens is 512 g/mol. The molecule has 0 aromatic heterocycles. The van der Waals surface area contributed by atoms with Gasteiger partial charge in [0.25, 0.3) is 0 Å². The van der Waals surface area contributed by atoms with Gasteiger partial charge in [0.2, 0.25) is 11.8 Å². The molecule has 1 heterocycles. The molecule has 0 saturated carbocycles. The summed E-state index contributed by atoms with van der Waals surface area (Å²) in [4.78, 5) is 51.4. The summed E-state index contributed by atoms with van der Waals surface area (Å²) in [7, 11) is 0. The van der Waals surface area contributed by atoms with Gasteiger partial charge in [0.1, 0.15) is 0 Å². The Balaban J connectivity index is 1.31. The van der Waals surface area contributed by atoms with Gasteiger partial charge in [0.15, 0.2) is 12.4 Å². The molecular formula is C27H23BrN2O5. The third kappa shape index (κ3) is 5.84. The Morgan fingerprint density at radius 2 is 1.63 bits per heavy atom. The Morgan fingerprint density at radius 1 is 0.971 bits per heavy atom. The van der Waals surface area contributed by atoms with Crippen LogP contribution in [0.25, 0.3) is 0 Å². The first kappa shape index (κ1) is 24.3. The van der Waals surface area contributed by atoms with Crippen molar-refractivity contribution in [2.24, 2.45) is 5.92 Å². The monoisotopic (exact) mass is 534 g/mol. The second kappa shape index (κ2) is 10.7. The lowest BCUT2D eigenvalue weighted by Crippen LogP contribution is -2.28. The average molecular weight is 535 g/mol. The zero-order valence-corrected chi connectivity index (χ0v) is 20.6. The van der Waals surface area contributed by atoms with Crippen LogP contribution in [0.4, 0.5) is 11.4 Å². The minimum Gasteiger partial charge on any atom is -0.454 e. The third-order valence-electron chi connectivity index (χ3n) is 5.79. The predicted octanol–water partition coefficient (Wildman–Crippen LogP) is 4.79. The Kier molecular flexibility index (Phi) is 7.41. The van der Waals surface area contributed by atoms with Crippen molar-refractivity contribution in [3.05, 3.63) is 94.0 Å². The lowest BCUT2D eigenvalue weighted by Gasteiger charge is -2.19. The second-order valence-electron chi connectivity index (χ2n) is 8.26. The summed E-state index contributed by atoms with van der Waals surface area (Å²) in [5.41, 5.74) is 3.00. The Morgan fingerprint density at radius 3 is 2.31 bits per heavy atom. The van der Waals surface area contributed by atoms with E-state index in [4.69, 9.17) is 4.74 Å². The molecule has 0 aliphatic carbocycles. The van der Waals surface area contributed by atoms with Crippen LogP contribution in [0, 0.1) is 12.8 Å². The van der Waals surface area contributed by atoms with E-state index in [0.29, 0.717) is 17.8 Å². The molecule has 0 bridgehead atoms. The quantitative estimate of drug-likeness (QED) is 0.347. The minimum absolute atomic E-state index is 0.0878. The van der Waals surface area contributed by atoms with Gasteiger partial charge in [-0.1, -0.05) is 46.3 Å². The molecule has 1 aliphatic heterocycles. The summed E-state index contributed by atoms with van der Waals surface area (Å²) in [6.07, 6.45) is 0.136. The minimum atomic E-state index is -0.636. The smallest absolute Gasteiger partial charge is 0.338 e. The number of ether oxygens (including phenoxy) is 1. The summed E-state index contributed by atoms with van der Waals surface area (Å²) in [5, 5.41) is 2.81. The Bertz CT molecular complexity index is 1270. The average Bonchev–Trinajstić information content (AvgIpc) is 3.25. The summed E-state index contributed by atoms with van der Waals surface area (Å²) < 4.78 is 5.97. The highest BCUT2D eigenvalue weighted by molar-refractivity contribution is 9.10. The van der Waals surface area contributed by atoms with E-state index in [1.54, 1.807) is 41.3 Å². The molecule has 2 amide bonds. The summed E-state index contributed by atoms with van der Waals surface area (Å²) in [6.45, 7) is 1.87. The molecule has 3 aromatic rings. The zero-order chi connectivity index (χ0) is 24.9. The number of ketones is 1. The predicted molar refractivity (Wildman–Crippen MR) is 135 cm³/mol. The van der Waals surface area contributed by atoms with Crippen molar-refractivity contribution in [1.82, 2.24) is 0 Å². The number of amides is 2. The van der Waals surface area contributed by atoms with Gasteiger partial charge in [-0.25, -0.2) is 4.79 Å². The number of hydrogen-bond acceptors (Lipinski definition) is 5. The number of benzene rings is 3. The van der Waals surface area contributed by atoms with Crippen molar-refractivity contribution >= 4 is 50.9 Å². The van der Waals surface area contributed by atoms with Gasteiger partial charge < -0.3 is 15.0 Å². The number of carbonyl (C=O) groups excluding carboxylic acids is 4. The zero-order valence-electron chi connectivity index (χ0n) is 19.0. The molecule has 4 rings (SSSR count). The summed E-state index contributed by atoms with van der Waals surface area (Å²) >= 11 is 3.30. The van der Waals surface area contributed by atoms with Crippen LogP contribution in [0.5, 0.6) is 0 Å². The molecule has 0 radical (unpaired) electrons. The fourth-order valence-corrected chi connectivity index (χ4v) is 4.11. The van der Waals surface area contributed by atoms with Gasteiger partial charge in [0.05, 0.1) is 11.5 Å². The first-order chi connectivity index (χ1) is 16.8. The maximum Gasteiger partial charge on any atom is 0.338 e. The standard InChI is InChI=1S/C27H23BrN2O5/c1-17-4-2-3-5-23(17)30-15-20(14-25(30)32)26(33)29-22-12-8-19(9-13-22)27(34)35-16-24(31)18-6-10-21(28)11-7-18/h2-13,20H,14-16H2,1H3,(H,29,33)/t20-/m1/s1. The number of para-hydroxylation sites is 1. The van der Waals surface area contributed by atoms with Crippen LogP contribution >= 0.6 is 15.9 Å². The molecule has 1 fully saturated rings. The van der Waals surface area contributed by atoms with Crippen molar-refractivity contribution in [3.63, 3.8) is 0 Å². The van der Waals surface area contributed by atoms with Crippen LogP contribution in [0.3, 0.4) is 0 Å². The number of Topliss-reactive ketones (excluding diaryl/α,β-unsaturated/α-hetero) is 1. The van der Waals surface area contributed by atoms with Crippen molar-refractivity contribution < 1.29 is 23.9 Å². The Labute approximate surface area is 211 Å². The first-order valence-electron chi connectivity index (χ1n) is 11.0. The molecule has 0 unspecified atom stereocenters. The lowest BCUT2D eigenvalue weighted by molar-refractivity contribution is -0.122. The number of hydrogen-bond donors (Lipinski definition) is 1. The van der Waals surface area contributed by atoms with Crippen molar-refractivity contribution in [3.8, 4) is 0 Å². The highest BCUT2D eigenvalue weighted by Crippen LogP contribution is 2.28. The van der Waals surface area contributed by atoms with Gasteiger partial charge in [-0.2, -0.15) is 0 Å². The lowest BCUT2D eigenvalue weighted by atomic mass is 10.1. The SMILES string of the molecule is Cc1ccccc1N1C[C@H](C(=O)Nc2ccc(C(=O)OCC(=O)c3ccc(Br)cc3)cc2)CC1=O. The van der Waals surface area contributed by atoms with Gasteiger partial charge in [-0.05, 0) is 55.0 Å². The normalized spacial score (nSPS) is 15.1. The van der Waals surface area contributed by atoms with E-state index in [-0.39, 0.29) is 36.2 Å². The maximum atomic E-state index is 12.8. The van der Waals surface area contributed by atoms with Crippen LogP contribution in [0.1, 0.15) is 32.7 Å². The van der Waals surface area contributed by atoms with Gasteiger partial charge in [0, 0.05) is 34.4 Å². The van der Waals surface area contributed by atoms with Crippen molar-refractivity contribution in [2.45, 2.75) is 13.3 Å². The number of esters is 1. The largest absolute Gasteiger partial charge is 0.454 e. The van der Waals surface area contributed by atoms with Crippen LogP contribution in [-0.4, -0.2) is 36.7 Å². The number of anilines is 2.